The molecule has 0 spiro atoms. The minimum atomic E-state index is -4.47. The summed E-state index contributed by atoms with van der Waals surface area (Å²) < 4.78 is 108. The van der Waals surface area contributed by atoms with Crippen LogP contribution in [0.5, 0.6) is 5.75 Å². The van der Waals surface area contributed by atoms with E-state index in [-0.39, 0.29) is 34.2 Å². The van der Waals surface area contributed by atoms with Gasteiger partial charge in [-0.2, -0.15) is 29.8 Å². The van der Waals surface area contributed by atoms with Crippen molar-refractivity contribution in [1.82, 2.24) is 0 Å². The first-order valence-electron chi connectivity index (χ1n) is 21.5. The third kappa shape index (κ3) is 8.92. The Morgan fingerprint density at radius 1 is 0.762 bits per heavy atom. The average molecular weight is 916 g/mol. The number of hydrogen-bond acceptors (Lipinski definition) is 8. The Hall–Kier alpha value is -4.64. The van der Waals surface area contributed by atoms with E-state index < -0.39 is 35.8 Å². The van der Waals surface area contributed by atoms with Gasteiger partial charge in [0.05, 0.1) is 21.8 Å². The Kier molecular flexibility index (Phi) is 11.9. The van der Waals surface area contributed by atoms with Crippen LogP contribution in [0.2, 0.25) is 0 Å². The van der Waals surface area contributed by atoms with Crippen LogP contribution >= 0.6 is 0 Å². The van der Waals surface area contributed by atoms with Crippen molar-refractivity contribution >= 4 is 53.0 Å². The van der Waals surface area contributed by atoms with Gasteiger partial charge in [0.15, 0.2) is 5.71 Å². The van der Waals surface area contributed by atoms with Gasteiger partial charge >= 0.3 is 0 Å². The molecule has 0 radical (unpaired) electrons. The molecule has 15 heteroatoms. The molecule has 3 aromatic carbocycles. The molecule has 2 aliphatic carbocycles. The Labute approximate surface area is 371 Å². The van der Waals surface area contributed by atoms with Crippen LogP contribution < -0.4 is 9.64 Å². The number of unbranched alkanes of at least 4 members (excludes halogenated alkanes) is 2. The van der Waals surface area contributed by atoms with Gasteiger partial charge in [0, 0.05) is 58.6 Å². The monoisotopic (exact) mass is 915 g/mol. The largest absolute Gasteiger partial charge is 0.456 e. The van der Waals surface area contributed by atoms with Crippen molar-refractivity contribution < 1.29 is 48.2 Å². The lowest BCUT2D eigenvalue weighted by molar-refractivity contribution is -0.438. The fraction of sp³-hybridized carbons (Fsp3) is 0.396. The summed E-state index contributed by atoms with van der Waals surface area (Å²) in [5, 5.41) is 0. The van der Waals surface area contributed by atoms with Crippen molar-refractivity contribution in [2.75, 3.05) is 29.5 Å². The van der Waals surface area contributed by atoms with Crippen LogP contribution in [0.3, 0.4) is 0 Å². The molecular weight excluding hydrogens is 861 g/mol. The molecule has 5 aliphatic rings. The molecule has 3 N–H and O–H groups in total. The van der Waals surface area contributed by atoms with Crippen molar-refractivity contribution in [2.45, 2.75) is 94.8 Å². The van der Waals surface area contributed by atoms with E-state index in [2.05, 4.69) is 65.8 Å². The second kappa shape index (κ2) is 16.7. The minimum absolute atomic E-state index is 0.205. The summed E-state index contributed by atoms with van der Waals surface area (Å²) in [6, 6.07) is 21.0. The molecule has 1 unspecified atom stereocenters. The fourth-order valence-electron chi connectivity index (χ4n) is 10.2. The highest BCUT2D eigenvalue weighted by molar-refractivity contribution is 7.86. The van der Waals surface area contributed by atoms with E-state index in [1.54, 1.807) is 6.07 Å². The summed E-state index contributed by atoms with van der Waals surface area (Å²) in [4.78, 5) is 1.86. The number of allylic oxidation sites excluding steroid dienone is 9. The summed E-state index contributed by atoms with van der Waals surface area (Å²) in [6.07, 6.45) is 13.8. The average Bonchev–Trinajstić information content (AvgIpc) is 3.56. The highest BCUT2D eigenvalue weighted by Gasteiger charge is 2.45. The van der Waals surface area contributed by atoms with Crippen LogP contribution in [0.4, 0.5) is 11.4 Å². The maximum absolute atomic E-state index is 12.2. The van der Waals surface area contributed by atoms with E-state index in [0.717, 1.165) is 71.1 Å². The van der Waals surface area contributed by atoms with Crippen LogP contribution in [0.25, 0.3) is 5.57 Å². The number of para-hydroxylation sites is 2. The number of hydrogen-bond donors (Lipinski definition) is 3. The van der Waals surface area contributed by atoms with E-state index in [4.69, 9.17) is 4.74 Å². The van der Waals surface area contributed by atoms with Gasteiger partial charge in [0.1, 0.15) is 18.1 Å². The molecule has 0 amide bonds. The summed E-state index contributed by atoms with van der Waals surface area (Å²) >= 11 is 0. The Balaban J connectivity index is 1.20. The van der Waals surface area contributed by atoms with Crippen LogP contribution in [-0.2, 0) is 41.2 Å². The number of benzene rings is 3. The van der Waals surface area contributed by atoms with Crippen LogP contribution in [0.1, 0.15) is 95.8 Å². The summed E-state index contributed by atoms with van der Waals surface area (Å²) in [5.41, 5.74) is 10.4. The number of ether oxygens (including phenoxy) is 1. The molecular formula is C48H55N2O10S3+. The Morgan fingerprint density at radius 2 is 1.44 bits per heavy atom. The molecule has 3 aromatic rings. The molecule has 0 bridgehead atoms. The van der Waals surface area contributed by atoms with Crippen LogP contribution in [-0.4, -0.2) is 73.8 Å². The number of fused-ring (bicyclic) bond motifs is 4. The van der Waals surface area contributed by atoms with E-state index in [1.807, 2.05) is 44.2 Å². The molecule has 0 fully saturated rings. The second-order valence-electron chi connectivity index (χ2n) is 18.2. The van der Waals surface area contributed by atoms with Crippen molar-refractivity contribution in [3.05, 3.63) is 136 Å². The van der Waals surface area contributed by atoms with Gasteiger partial charge in [-0.15, -0.1) is 0 Å². The zero-order valence-electron chi connectivity index (χ0n) is 36.0. The number of nitrogens with zero attached hydrogens (tertiary/aromatic N) is 2. The van der Waals surface area contributed by atoms with Gasteiger partial charge in [-0.3, -0.25) is 13.7 Å². The van der Waals surface area contributed by atoms with Gasteiger partial charge < -0.3 is 9.64 Å². The predicted octanol–water partition coefficient (Wildman–Crippen LogP) is 9.11. The normalized spacial score (nSPS) is 21.6. The number of rotatable bonds is 14. The highest BCUT2D eigenvalue weighted by Crippen LogP contribution is 2.54. The van der Waals surface area contributed by atoms with Crippen molar-refractivity contribution in [3.63, 3.8) is 0 Å². The first-order valence-corrected chi connectivity index (χ1v) is 26.2. The third-order valence-electron chi connectivity index (χ3n) is 13.3. The molecule has 1 atom stereocenters. The molecule has 8 rings (SSSR count). The van der Waals surface area contributed by atoms with Crippen molar-refractivity contribution in [2.24, 2.45) is 5.92 Å². The highest BCUT2D eigenvalue weighted by atomic mass is 32.2. The fourth-order valence-corrected chi connectivity index (χ4v) is 11.9. The van der Waals surface area contributed by atoms with Gasteiger partial charge in [0.2, 0.25) is 5.69 Å². The van der Waals surface area contributed by atoms with E-state index in [1.165, 1.54) is 34.4 Å². The van der Waals surface area contributed by atoms with Crippen molar-refractivity contribution in [3.8, 4) is 5.75 Å². The molecule has 12 nitrogen and oxygen atoms in total. The van der Waals surface area contributed by atoms with Crippen LogP contribution in [0.15, 0.2) is 124 Å². The quantitative estimate of drug-likeness (QED) is 0.0798. The SMILES string of the molecule is CC1(C)C(/C=C/C2=C3C4=C(Oc5ccccc53)/C(=C/C=C3/N(CCCCS(=O)(=O)O)c5ccc(S(=O)(=O)O)cc5C3(C)C)CCC4CC2)=[N+](CCCCS(=O)(=O)O)c2ccccc21. The van der Waals surface area contributed by atoms with Gasteiger partial charge in [-0.05, 0) is 117 Å². The minimum Gasteiger partial charge on any atom is -0.456 e. The van der Waals surface area contributed by atoms with E-state index in [0.29, 0.717) is 37.9 Å². The second-order valence-corrected chi connectivity index (χ2v) is 22.8. The predicted molar refractivity (Wildman–Crippen MR) is 245 cm³/mol. The van der Waals surface area contributed by atoms with Gasteiger partial charge in [-0.25, -0.2) is 0 Å². The zero-order chi connectivity index (χ0) is 45.1. The first-order chi connectivity index (χ1) is 29.6. The van der Waals surface area contributed by atoms with Crippen molar-refractivity contribution in [1.29, 1.82) is 0 Å². The molecule has 0 aromatic heterocycles. The lowest BCUT2D eigenvalue weighted by Gasteiger charge is -2.39. The Bertz CT molecular complexity index is 2920. The Morgan fingerprint density at radius 3 is 2.17 bits per heavy atom. The topological polar surface area (TPSA) is 179 Å². The maximum atomic E-state index is 12.2. The standard InChI is InChI=1S/C48H54N2O10S3/c1-47(2)37-14-6-7-15-39(37)49(27-9-11-29-61(51,52)53)42(47)25-21-32-17-18-33-19-20-34(46-45(33)44(32)36-13-5-8-16-41(36)60-46)22-26-43-48(3,4)38-31-35(63(57,58)59)23-24-40(38)50(43)28-10-12-30-62(54,55)56/h5-8,13-16,21-26,31,33H,9-12,17-20,27-30H2,1-4H3,(H2-,51,52,53,54,55,56,57,58,59)/p+1. The zero-order valence-corrected chi connectivity index (χ0v) is 38.5. The molecule has 334 valence electrons. The van der Waals surface area contributed by atoms with Gasteiger partial charge in [-0.1, -0.05) is 62.4 Å². The van der Waals surface area contributed by atoms with Gasteiger partial charge in [0.25, 0.3) is 30.4 Å². The molecule has 63 heavy (non-hydrogen) atoms. The molecule has 3 aliphatic heterocycles. The van der Waals surface area contributed by atoms with E-state index in [9.17, 15) is 38.9 Å². The van der Waals surface area contributed by atoms with Crippen LogP contribution in [0, 0.1) is 5.92 Å². The molecule has 0 saturated carbocycles. The van der Waals surface area contributed by atoms with E-state index >= 15 is 0 Å². The maximum Gasteiger partial charge on any atom is 0.294 e. The lowest BCUT2D eigenvalue weighted by Crippen LogP contribution is -2.28. The summed E-state index contributed by atoms with van der Waals surface area (Å²) in [6.45, 7) is 9.44. The molecule has 3 heterocycles. The smallest absolute Gasteiger partial charge is 0.294 e. The first kappa shape index (κ1) is 44.9. The summed E-state index contributed by atoms with van der Waals surface area (Å²) in [5.74, 6) is 1.25. The molecule has 0 saturated heterocycles. The lowest BCUT2D eigenvalue weighted by atomic mass is 9.69. The third-order valence-corrected chi connectivity index (χ3v) is 15.8. The number of anilines is 1. The summed E-state index contributed by atoms with van der Waals surface area (Å²) in [7, 11) is -12.7.